The van der Waals surface area contributed by atoms with Crippen LogP contribution in [0.2, 0.25) is 0 Å². The fourth-order valence-corrected chi connectivity index (χ4v) is 2.03. The van der Waals surface area contributed by atoms with Crippen molar-refractivity contribution in [3.05, 3.63) is 11.9 Å². The number of thioether (sulfide) groups is 1. The van der Waals surface area contributed by atoms with Crippen LogP contribution in [0.25, 0.3) is 0 Å². The first kappa shape index (κ1) is 14.9. The first-order valence-electron chi connectivity index (χ1n) is 5.80. The Kier molecular flexibility index (Phi) is 7.38. The van der Waals surface area contributed by atoms with Crippen molar-refractivity contribution >= 4 is 17.7 Å². The van der Waals surface area contributed by atoms with Crippen LogP contribution in [0.1, 0.15) is 12.1 Å². The van der Waals surface area contributed by atoms with Gasteiger partial charge in [0.25, 0.3) is 0 Å². The molecule has 0 radical (unpaired) electrons. The Bertz CT molecular complexity index is 358. The minimum absolute atomic E-state index is 0.0915. The molecule has 1 aromatic rings. The van der Waals surface area contributed by atoms with E-state index < -0.39 is 0 Å². The Morgan fingerprint density at radius 3 is 3.06 bits per heavy atom. The van der Waals surface area contributed by atoms with Gasteiger partial charge in [-0.05, 0) is 12.2 Å². The van der Waals surface area contributed by atoms with Crippen molar-refractivity contribution in [2.24, 2.45) is 5.73 Å². The van der Waals surface area contributed by atoms with Gasteiger partial charge in [-0.2, -0.15) is 11.8 Å². The molecule has 1 heterocycles. The maximum absolute atomic E-state index is 11.5. The fraction of sp³-hybridized carbons (Fsp3) is 0.700. The third-order valence-corrected chi connectivity index (χ3v) is 3.19. The van der Waals surface area contributed by atoms with E-state index in [1.807, 2.05) is 0 Å². The number of aliphatic hydroxyl groups excluding tert-OH is 1. The second kappa shape index (κ2) is 8.90. The standard InChI is InChI=1S/C10H19N5O2S/c11-6-9-7-15(14-13-9)8-10(17)12-2-5-18-4-1-3-16/h7,16H,1-6,8,11H2,(H,12,17). The molecule has 0 saturated heterocycles. The van der Waals surface area contributed by atoms with Crippen molar-refractivity contribution in [1.82, 2.24) is 20.3 Å². The van der Waals surface area contributed by atoms with Gasteiger partial charge in [-0.1, -0.05) is 5.21 Å². The third-order valence-electron chi connectivity index (χ3n) is 2.12. The number of rotatable bonds is 9. The van der Waals surface area contributed by atoms with Crippen LogP contribution in [-0.2, 0) is 17.9 Å². The SMILES string of the molecule is NCc1cn(CC(=O)NCCSCCCO)nn1. The molecule has 7 nitrogen and oxygen atoms in total. The second-order valence-corrected chi connectivity index (χ2v) is 4.88. The van der Waals surface area contributed by atoms with Crippen LogP contribution in [0, 0.1) is 0 Å². The van der Waals surface area contributed by atoms with Crippen LogP contribution in [0.4, 0.5) is 0 Å². The summed E-state index contributed by atoms with van der Waals surface area (Å²) in [7, 11) is 0. The van der Waals surface area contributed by atoms with Gasteiger partial charge in [0, 0.05) is 25.4 Å². The first-order valence-corrected chi connectivity index (χ1v) is 6.96. The molecular formula is C10H19N5O2S. The molecule has 0 bridgehead atoms. The highest BCUT2D eigenvalue weighted by Gasteiger charge is 2.04. The number of nitrogens with two attached hydrogens (primary N) is 1. The Labute approximate surface area is 110 Å². The molecule has 0 aliphatic heterocycles. The summed E-state index contributed by atoms with van der Waals surface area (Å²) in [6.07, 6.45) is 2.45. The highest BCUT2D eigenvalue weighted by Crippen LogP contribution is 1.99. The number of carbonyl (C=O) groups is 1. The van der Waals surface area contributed by atoms with Gasteiger partial charge in [0.15, 0.2) is 0 Å². The lowest BCUT2D eigenvalue weighted by atomic mass is 10.5. The number of carbonyl (C=O) groups excluding carboxylic acids is 1. The van der Waals surface area contributed by atoms with E-state index in [0.29, 0.717) is 18.8 Å². The number of hydrogen-bond acceptors (Lipinski definition) is 6. The van der Waals surface area contributed by atoms with Crippen molar-refractivity contribution < 1.29 is 9.90 Å². The molecule has 0 saturated carbocycles. The molecule has 1 aromatic heterocycles. The quantitative estimate of drug-likeness (QED) is 0.497. The largest absolute Gasteiger partial charge is 0.396 e. The third kappa shape index (κ3) is 5.99. The van der Waals surface area contributed by atoms with Gasteiger partial charge in [0.1, 0.15) is 6.54 Å². The summed E-state index contributed by atoms with van der Waals surface area (Å²) in [5.74, 6) is 1.66. The predicted molar refractivity (Wildman–Crippen MR) is 70.0 cm³/mol. The Hall–Kier alpha value is -1.12. The van der Waals surface area contributed by atoms with Gasteiger partial charge in [-0.3, -0.25) is 4.79 Å². The highest BCUT2D eigenvalue weighted by atomic mass is 32.2. The molecule has 0 aromatic carbocycles. The van der Waals surface area contributed by atoms with Crippen LogP contribution >= 0.6 is 11.8 Å². The molecule has 0 fully saturated rings. The molecule has 1 rings (SSSR count). The van der Waals surface area contributed by atoms with Crippen LogP contribution in [0.5, 0.6) is 0 Å². The van der Waals surface area contributed by atoms with Gasteiger partial charge < -0.3 is 16.2 Å². The number of aromatic nitrogens is 3. The predicted octanol–water partition coefficient (Wildman–Crippen LogP) is -1.03. The van der Waals surface area contributed by atoms with Gasteiger partial charge in [-0.25, -0.2) is 4.68 Å². The van der Waals surface area contributed by atoms with Crippen molar-refractivity contribution in [2.45, 2.75) is 19.5 Å². The summed E-state index contributed by atoms with van der Waals surface area (Å²) >= 11 is 1.71. The minimum atomic E-state index is -0.0915. The summed E-state index contributed by atoms with van der Waals surface area (Å²) in [6.45, 7) is 1.32. The van der Waals surface area contributed by atoms with Crippen LogP contribution in [-0.4, -0.2) is 50.7 Å². The lowest BCUT2D eigenvalue weighted by Crippen LogP contribution is -2.29. The van der Waals surface area contributed by atoms with E-state index in [-0.39, 0.29) is 19.1 Å². The van der Waals surface area contributed by atoms with Crippen molar-refractivity contribution in [2.75, 3.05) is 24.7 Å². The van der Waals surface area contributed by atoms with Crippen LogP contribution in [0.3, 0.4) is 0 Å². The lowest BCUT2D eigenvalue weighted by Gasteiger charge is -2.04. The summed E-state index contributed by atoms with van der Waals surface area (Å²) in [6, 6.07) is 0. The van der Waals surface area contributed by atoms with E-state index in [0.717, 1.165) is 17.9 Å². The molecule has 0 unspecified atom stereocenters. The molecule has 1 amide bonds. The average Bonchev–Trinajstić information content (AvgIpc) is 2.81. The molecule has 8 heteroatoms. The van der Waals surface area contributed by atoms with Gasteiger partial charge >= 0.3 is 0 Å². The Morgan fingerprint density at radius 1 is 1.56 bits per heavy atom. The van der Waals surface area contributed by atoms with E-state index >= 15 is 0 Å². The number of nitrogens with one attached hydrogen (secondary N) is 1. The van der Waals surface area contributed by atoms with E-state index in [4.69, 9.17) is 10.8 Å². The topological polar surface area (TPSA) is 106 Å². The van der Waals surface area contributed by atoms with Crippen molar-refractivity contribution in [3.8, 4) is 0 Å². The maximum atomic E-state index is 11.5. The van der Waals surface area contributed by atoms with Gasteiger partial charge in [0.05, 0.1) is 11.9 Å². The second-order valence-electron chi connectivity index (χ2n) is 3.65. The van der Waals surface area contributed by atoms with E-state index in [1.54, 1.807) is 18.0 Å². The molecule has 4 N–H and O–H groups in total. The molecular weight excluding hydrogens is 254 g/mol. The molecule has 0 aliphatic rings. The van der Waals surface area contributed by atoms with E-state index in [2.05, 4.69) is 15.6 Å². The minimum Gasteiger partial charge on any atom is -0.396 e. The summed E-state index contributed by atoms with van der Waals surface area (Å²) in [5, 5.41) is 19.0. The van der Waals surface area contributed by atoms with E-state index in [1.165, 1.54) is 4.68 Å². The molecule has 102 valence electrons. The normalized spacial score (nSPS) is 10.6. The van der Waals surface area contributed by atoms with Gasteiger partial charge in [-0.15, -0.1) is 5.10 Å². The Balaban J connectivity index is 2.10. The monoisotopic (exact) mass is 273 g/mol. The van der Waals surface area contributed by atoms with Gasteiger partial charge in [0.2, 0.25) is 5.91 Å². The van der Waals surface area contributed by atoms with Crippen molar-refractivity contribution in [3.63, 3.8) is 0 Å². The Morgan fingerprint density at radius 2 is 2.39 bits per heavy atom. The van der Waals surface area contributed by atoms with E-state index in [9.17, 15) is 4.79 Å². The number of nitrogens with zero attached hydrogens (tertiary/aromatic N) is 3. The fourth-order valence-electron chi connectivity index (χ4n) is 1.24. The number of hydrogen-bond donors (Lipinski definition) is 3. The first-order chi connectivity index (χ1) is 8.76. The highest BCUT2D eigenvalue weighted by molar-refractivity contribution is 7.99. The molecule has 0 aliphatic carbocycles. The average molecular weight is 273 g/mol. The number of amides is 1. The van der Waals surface area contributed by atoms with Crippen LogP contribution in [0.15, 0.2) is 6.20 Å². The van der Waals surface area contributed by atoms with Crippen LogP contribution < -0.4 is 11.1 Å². The van der Waals surface area contributed by atoms with Crippen molar-refractivity contribution in [1.29, 1.82) is 0 Å². The molecule has 0 atom stereocenters. The molecule has 18 heavy (non-hydrogen) atoms. The zero-order chi connectivity index (χ0) is 13.2. The smallest absolute Gasteiger partial charge is 0.241 e. The number of aliphatic hydroxyl groups is 1. The summed E-state index contributed by atoms with van der Waals surface area (Å²) in [4.78, 5) is 11.5. The zero-order valence-corrected chi connectivity index (χ0v) is 11.0. The summed E-state index contributed by atoms with van der Waals surface area (Å²) in [5.41, 5.74) is 6.06. The lowest BCUT2D eigenvalue weighted by molar-refractivity contribution is -0.121. The maximum Gasteiger partial charge on any atom is 0.241 e. The summed E-state index contributed by atoms with van der Waals surface area (Å²) < 4.78 is 1.47. The molecule has 0 spiro atoms. The zero-order valence-electron chi connectivity index (χ0n) is 10.2.